The maximum absolute atomic E-state index is 12.8. The molecule has 1 aromatic heterocycles. The second-order valence-electron chi connectivity index (χ2n) is 8.06. The molecule has 142 valence electrons. The highest BCUT2D eigenvalue weighted by molar-refractivity contribution is 7.91. The van der Waals surface area contributed by atoms with Crippen molar-refractivity contribution in [3.8, 4) is 0 Å². The number of aromatic nitrogens is 2. The topological polar surface area (TPSA) is 75.2 Å². The maximum Gasteiger partial charge on any atom is 0.222 e. The van der Waals surface area contributed by atoms with Crippen LogP contribution in [0, 0.1) is 5.92 Å². The van der Waals surface area contributed by atoms with Gasteiger partial charge in [-0.1, -0.05) is 30.3 Å². The Labute approximate surface area is 159 Å². The Morgan fingerprint density at radius 2 is 1.96 bits per heavy atom. The first-order valence-electron chi connectivity index (χ1n) is 9.66. The van der Waals surface area contributed by atoms with Crippen LogP contribution in [0.1, 0.15) is 35.6 Å². The number of hydrogen-bond donors (Lipinski definition) is 1. The number of likely N-dealkylation sites (tertiary alicyclic amines) is 1. The summed E-state index contributed by atoms with van der Waals surface area (Å²) in [5.74, 6) is 1.38. The molecule has 6 nitrogen and oxygen atoms in total. The van der Waals surface area contributed by atoms with Crippen molar-refractivity contribution in [1.82, 2.24) is 14.9 Å². The van der Waals surface area contributed by atoms with Gasteiger partial charge in [-0.15, -0.1) is 0 Å². The summed E-state index contributed by atoms with van der Waals surface area (Å²) in [6.45, 7) is 2.99. The van der Waals surface area contributed by atoms with Gasteiger partial charge in [0.1, 0.15) is 0 Å². The van der Waals surface area contributed by atoms with Gasteiger partial charge in [0.05, 0.1) is 16.7 Å². The van der Waals surface area contributed by atoms with Crippen molar-refractivity contribution in [2.45, 2.75) is 36.3 Å². The van der Waals surface area contributed by atoms with Crippen LogP contribution in [0.25, 0.3) is 0 Å². The minimum absolute atomic E-state index is 0.0611. The number of anilines is 1. The lowest BCUT2D eigenvalue weighted by atomic mass is 10.00. The van der Waals surface area contributed by atoms with E-state index < -0.39 is 9.84 Å². The van der Waals surface area contributed by atoms with Crippen LogP contribution in [0.3, 0.4) is 0 Å². The van der Waals surface area contributed by atoms with Crippen molar-refractivity contribution in [1.29, 1.82) is 0 Å². The van der Waals surface area contributed by atoms with E-state index in [0.29, 0.717) is 12.5 Å². The van der Waals surface area contributed by atoms with Crippen molar-refractivity contribution in [2.24, 2.45) is 5.92 Å². The van der Waals surface area contributed by atoms with E-state index >= 15 is 0 Å². The fraction of sp³-hybridized carbons (Fsp3) is 0.500. The molecule has 0 unspecified atom stereocenters. The molecule has 1 aliphatic carbocycles. The Bertz CT molecular complexity index is 944. The molecule has 3 aliphatic rings. The van der Waals surface area contributed by atoms with Gasteiger partial charge in [-0.05, 0) is 24.3 Å². The molecule has 1 saturated carbocycles. The highest BCUT2D eigenvalue weighted by Gasteiger charge is 2.47. The number of rotatable bonds is 5. The van der Waals surface area contributed by atoms with Gasteiger partial charge >= 0.3 is 0 Å². The van der Waals surface area contributed by atoms with Gasteiger partial charge in [0.15, 0.2) is 9.84 Å². The molecule has 2 atom stereocenters. The van der Waals surface area contributed by atoms with Crippen molar-refractivity contribution in [3.05, 3.63) is 53.3 Å². The van der Waals surface area contributed by atoms with E-state index in [0.717, 1.165) is 36.8 Å². The standard InChI is InChI=1S/C20H24N4O2S/c25-27(26)13-16-9-22-20(21-8-14-6-7-14)23-19(16)17-11-24(12-18(17)27)10-15-4-2-1-3-5-15/h1-5,9,14,17-18H,6-8,10-13H2,(H,21,22,23)/t17-,18-/m0/s1. The largest absolute Gasteiger partial charge is 0.354 e. The molecule has 3 heterocycles. The van der Waals surface area contributed by atoms with Gasteiger partial charge < -0.3 is 5.32 Å². The van der Waals surface area contributed by atoms with Gasteiger partial charge in [-0.25, -0.2) is 18.4 Å². The average molecular weight is 385 g/mol. The SMILES string of the molecule is O=S1(=O)Cc2cnc(NCC3CC3)nc2[C@H]2CN(Cc3ccccc3)C[C@@H]21. The average Bonchev–Trinajstić information content (AvgIpc) is 3.39. The highest BCUT2D eigenvalue weighted by atomic mass is 32.2. The first-order valence-corrected chi connectivity index (χ1v) is 11.4. The predicted molar refractivity (Wildman–Crippen MR) is 104 cm³/mol. The van der Waals surface area contributed by atoms with Crippen LogP contribution in [0.5, 0.6) is 0 Å². The van der Waals surface area contributed by atoms with Crippen LogP contribution in [0.2, 0.25) is 0 Å². The van der Waals surface area contributed by atoms with Crippen LogP contribution < -0.4 is 5.32 Å². The summed E-state index contributed by atoms with van der Waals surface area (Å²) < 4.78 is 25.7. The molecule has 27 heavy (non-hydrogen) atoms. The molecule has 5 rings (SSSR count). The molecule has 2 aromatic rings. The van der Waals surface area contributed by atoms with E-state index in [1.165, 1.54) is 18.4 Å². The van der Waals surface area contributed by atoms with Crippen LogP contribution in [-0.2, 0) is 22.1 Å². The Morgan fingerprint density at radius 3 is 2.74 bits per heavy atom. The Hall–Kier alpha value is -1.99. The first-order chi connectivity index (χ1) is 13.1. The third kappa shape index (κ3) is 3.46. The lowest BCUT2D eigenvalue weighted by molar-refractivity contribution is 0.326. The summed E-state index contributed by atoms with van der Waals surface area (Å²) >= 11 is 0. The Kier molecular flexibility index (Phi) is 4.16. The molecule has 2 aliphatic heterocycles. The molecule has 0 bridgehead atoms. The zero-order valence-corrected chi connectivity index (χ0v) is 16.0. The van der Waals surface area contributed by atoms with E-state index in [4.69, 9.17) is 4.98 Å². The normalized spacial score (nSPS) is 26.4. The number of fused-ring (bicyclic) bond motifs is 3. The van der Waals surface area contributed by atoms with E-state index in [1.54, 1.807) is 6.20 Å². The van der Waals surface area contributed by atoms with Crippen LogP contribution in [0.4, 0.5) is 5.95 Å². The van der Waals surface area contributed by atoms with Gasteiger partial charge in [0, 0.05) is 43.9 Å². The number of benzene rings is 1. The number of hydrogen-bond acceptors (Lipinski definition) is 6. The molecule has 0 amide bonds. The molecular weight excluding hydrogens is 360 g/mol. The van der Waals surface area contributed by atoms with E-state index in [2.05, 4.69) is 27.3 Å². The zero-order chi connectivity index (χ0) is 18.4. The molecule has 2 fully saturated rings. The number of sulfone groups is 1. The van der Waals surface area contributed by atoms with Crippen LogP contribution in [0.15, 0.2) is 36.5 Å². The van der Waals surface area contributed by atoms with Crippen LogP contribution >= 0.6 is 0 Å². The van der Waals surface area contributed by atoms with Crippen molar-refractivity contribution in [3.63, 3.8) is 0 Å². The van der Waals surface area contributed by atoms with E-state index in [9.17, 15) is 8.42 Å². The maximum atomic E-state index is 12.8. The lowest BCUT2D eigenvalue weighted by Gasteiger charge is -2.26. The van der Waals surface area contributed by atoms with Crippen molar-refractivity contribution < 1.29 is 8.42 Å². The predicted octanol–water partition coefficient (Wildman–Crippen LogP) is 2.19. The second kappa shape index (κ2) is 6.56. The highest BCUT2D eigenvalue weighted by Crippen LogP contribution is 2.40. The second-order valence-corrected chi connectivity index (χ2v) is 10.3. The van der Waals surface area contributed by atoms with Crippen LogP contribution in [-0.4, -0.2) is 48.2 Å². The summed E-state index contributed by atoms with van der Waals surface area (Å²) in [4.78, 5) is 11.4. The summed E-state index contributed by atoms with van der Waals surface area (Å²) in [6.07, 6.45) is 4.26. The third-order valence-corrected chi connectivity index (χ3v) is 8.02. The minimum atomic E-state index is -3.17. The van der Waals surface area contributed by atoms with Crippen molar-refractivity contribution in [2.75, 3.05) is 25.0 Å². The van der Waals surface area contributed by atoms with E-state index in [-0.39, 0.29) is 16.9 Å². The molecular formula is C20H24N4O2S. The van der Waals surface area contributed by atoms with E-state index in [1.807, 2.05) is 18.2 Å². The van der Waals surface area contributed by atoms with Gasteiger partial charge in [-0.2, -0.15) is 0 Å². The molecule has 1 saturated heterocycles. The molecule has 0 spiro atoms. The van der Waals surface area contributed by atoms with Gasteiger partial charge in [0.25, 0.3) is 0 Å². The number of nitrogens with one attached hydrogen (secondary N) is 1. The fourth-order valence-corrected chi connectivity index (χ4v) is 6.29. The Morgan fingerprint density at radius 1 is 1.15 bits per heavy atom. The van der Waals surface area contributed by atoms with Gasteiger partial charge in [-0.3, -0.25) is 4.90 Å². The molecule has 0 radical (unpaired) electrons. The lowest BCUT2D eigenvalue weighted by Crippen LogP contribution is -2.35. The molecule has 7 heteroatoms. The monoisotopic (exact) mass is 384 g/mol. The molecule has 1 N–H and O–H groups in total. The first kappa shape index (κ1) is 17.1. The Balaban J connectivity index is 1.40. The smallest absolute Gasteiger partial charge is 0.222 e. The number of nitrogens with zero attached hydrogens (tertiary/aromatic N) is 3. The zero-order valence-electron chi connectivity index (χ0n) is 15.2. The van der Waals surface area contributed by atoms with Gasteiger partial charge in [0.2, 0.25) is 5.95 Å². The minimum Gasteiger partial charge on any atom is -0.354 e. The molecule has 1 aromatic carbocycles. The fourth-order valence-electron chi connectivity index (χ4n) is 4.27. The summed E-state index contributed by atoms with van der Waals surface area (Å²) in [5, 5.41) is 2.96. The van der Waals surface area contributed by atoms with Crippen molar-refractivity contribution >= 4 is 15.8 Å². The quantitative estimate of drug-likeness (QED) is 0.852. The summed E-state index contributed by atoms with van der Waals surface area (Å²) in [7, 11) is -3.17. The summed E-state index contributed by atoms with van der Waals surface area (Å²) in [5.41, 5.74) is 2.91. The summed E-state index contributed by atoms with van der Waals surface area (Å²) in [6, 6.07) is 10.2. The third-order valence-electron chi connectivity index (χ3n) is 5.90.